The van der Waals surface area contributed by atoms with E-state index in [0.29, 0.717) is 0 Å². The van der Waals surface area contributed by atoms with Crippen molar-refractivity contribution in [3.63, 3.8) is 0 Å². The van der Waals surface area contributed by atoms with Crippen molar-refractivity contribution in [3.05, 3.63) is 90.5 Å². The summed E-state index contributed by atoms with van der Waals surface area (Å²) in [6.07, 6.45) is 1.84. The predicted molar refractivity (Wildman–Crippen MR) is 95.3 cm³/mol. The molecule has 0 aliphatic carbocycles. The van der Waals surface area contributed by atoms with E-state index < -0.39 is 0 Å². The Morgan fingerprint density at radius 2 is 1.57 bits per heavy atom. The van der Waals surface area contributed by atoms with Gasteiger partial charge in [-0.05, 0) is 35.4 Å². The Morgan fingerprint density at radius 3 is 2.39 bits per heavy atom. The van der Waals surface area contributed by atoms with Crippen LogP contribution >= 0.6 is 0 Å². The van der Waals surface area contributed by atoms with Crippen LogP contribution in [-0.4, -0.2) is 0 Å². The first-order chi connectivity index (χ1) is 11.3. The Morgan fingerprint density at radius 1 is 0.826 bits per heavy atom. The third-order valence-electron chi connectivity index (χ3n) is 4.07. The van der Waals surface area contributed by atoms with Crippen LogP contribution in [0.1, 0.15) is 11.1 Å². The second kappa shape index (κ2) is 5.65. The van der Waals surface area contributed by atoms with Crippen LogP contribution in [0, 0.1) is 0 Å². The number of fused-ring (bicyclic) bond motifs is 2. The maximum absolute atomic E-state index is 6.10. The van der Waals surface area contributed by atoms with Crippen molar-refractivity contribution in [2.45, 2.75) is 6.54 Å². The van der Waals surface area contributed by atoms with Crippen molar-refractivity contribution in [2.75, 3.05) is 4.90 Å². The van der Waals surface area contributed by atoms with E-state index in [2.05, 4.69) is 53.9 Å². The van der Waals surface area contributed by atoms with E-state index in [1.807, 2.05) is 36.4 Å². The lowest BCUT2D eigenvalue weighted by Crippen LogP contribution is -2.20. The molecule has 0 atom stereocenters. The summed E-state index contributed by atoms with van der Waals surface area (Å²) in [5, 5.41) is 0. The van der Waals surface area contributed by atoms with Crippen molar-refractivity contribution in [1.82, 2.24) is 0 Å². The van der Waals surface area contributed by atoms with Crippen molar-refractivity contribution in [2.24, 2.45) is 0 Å². The monoisotopic (exact) mass is 299 g/mol. The molecule has 1 aliphatic rings. The van der Waals surface area contributed by atoms with Gasteiger partial charge in [0.1, 0.15) is 0 Å². The van der Waals surface area contributed by atoms with Crippen molar-refractivity contribution in [1.29, 1.82) is 0 Å². The fourth-order valence-corrected chi connectivity index (χ4v) is 2.91. The number of rotatable bonds is 3. The fraction of sp³-hybridized carbons (Fsp3) is 0.0476. The van der Waals surface area contributed by atoms with E-state index in [4.69, 9.17) is 4.74 Å². The topological polar surface area (TPSA) is 12.5 Å². The molecule has 0 saturated heterocycles. The summed E-state index contributed by atoms with van der Waals surface area (Å²) in [5.74, 6) is 1.76. The predicted octanol–water partition coefficient (Wildman–Crippen LogP) is 5.77. The summed E-state index contributed by atoms with van der Waals surface area (Å²) in [6, 6.07) is 24.9. The van der Waals surface area contributed by atoms with E-state index in [1.54, 1.807) is 0 Å². The third kappa shape index (κ3) is 2.49. The highest BCUT2D eigenvalue weighted by atomic mass is 16.5. The van der Waals surface area contributed by atoms with E-state index in [1.165, 1.54) is 5.56 Å². The average Bonchev–Trinajstić information content (AvgIpc) is 2.62. The number of ether oxygens (including phenoxy) is 1. The fourth-order valence-electron chi connectivity index (χ4n) is 2.91. The summed E-state index contributed by atoms with van der Waals surface area (Å²) >= 11 is 0. The molecule has 0 spiro atoms. The van der Waals surface area contributed by atoms with Gasteiger partial charge in [0.25, 0.3) is 0 Å². The van der Waals surface area contributed by atoms with Crippen molar-refractivity contribution >= 4 is 17.5 Å². The highest BCUT2D eigenvalue weighted by Gasteiger charge is 2.24. The zero-order chi connectivity index (χ0) is 15.6. The molecule has 3 aromatic carbocycles. The Bertz CT molecular complexity index is 855. The summed E-state index contributed by atoms with van der Waals surface area (Å²) in [4.78, 5) is 2.30. The molecule has 0 aromatic heterocycles. The van der Waals surface area contributed by atoms with Crippen LogP contribution in [0.2, 0.25) is 0 Å². The number of hydrogen-bond donors (Lipinski definition) is 0. The normalized spacial score (nSPS) is 12.1. The van der Waals surface area contributed by atoms with Crippen molar-refractivity contribution < 1.29 is 4.74 Å². The molecule has 112 valence electrons. The Kier molecular flexibility index (Phi) is 3.35. The standard InChI is InChI=1S/C21H17NO/c1-2-16-12-13-19-21(14-16)23-20-11-7-6-10-18(20)22(19)15-17-8-4-3-5-9-17/h2-14H,1,15H2. The molecule has 0 unspecified atom stereocenters. The smallest absolute Gasteiger partial charge is 0.151 e. The van der Waals surface area contributed by atoms with Crippen LogP contribution in [0.25, 0.3) is 6.08 Å². The van der Waals surface area contributed by atoms with Crippen molar-refractivity contribution in [3.8, 4) is 11.5 Å². The van der Waals surface area contributed by atoms with Crippen LogP contribution < -0.4 is 9.64 Å². The molecular formula is C21H17NO. The maximum atomic E-state index is 6.10. The second-order valence-corrected chi connectivity index (χ2v) is 5.57. The molecular weight excluding hydrogens is 282 g/mol. The van der Waals surface area contributed by atoms with Crippen LogP contribution in [0.5, 0.6) is 11.5 Å². The largest absolute Gasteiger partial charge is 0.453 e. The number of hydrogen-bond acceptors (Lipinski definition) is 2. The molecule has 23 heavy (non-hydrogen) atoms. The SMILES string of the molecule is C=Cc1ccc2c(c1)Oc1ccccc1N2Cc1ccccc1. The molecule has 3 aromatic rings. The van der Waals surface area contributed by atoms with Gasteiger partial charge in [-0.1, -0.05) is 61.2 Å². The minimum Gasteiger partial charge on any atom is -0.453 e. The Labute approximate surface area is 136 Å². The average molecular weight is 299 g/mol. The summed E-state index contributed by atoms with van der Waals surface area (Å²) in [6.45, 7) is 4.65. The number of nitrogens with zero attached hydrogens (tertiary/aromatic N) is 1. The minimum absolute atomic E-state index is 0.807. The van der Waals surface area contributed by atoms with Crippen LogP contribution in [-0.2, 0) is 6.54 Å². The van der Waals surface area contributed by atoms with Gasteiger partial charge in [0, 0.05) is 6.54 Å². The van der Waals surface area contributed by atoms with Gasteiger partial charge in [0.2, 0.25) is 0 Å². The second-order valence-electron chi connectivity index (χ2n) is 5.57. The van der Waals surface area contributed by atoms with E-state index in [9.17, 15) is 0 Å². The van der Waals surface area contributed by atoms with E-state index >= 15 is 0 Å². The van der Waals surface area contributed by atoms with E-state index in [-0.39, 0.29) is 0 Å². The lowest BCUT2D eigenvalue weighted by Gasteiger charge is -2.33. The molecule has 1 heterocycles. The van der Waals surface area contributed by atoms with Crippen LogP contribution in [0.3, 0.4) is 0 Å². The molecule has 0 saturated carbocycles. The third-order valence-corrected chi connectivity index (χ3v) is 4.07. The van der Waals surface area contributed by atoms with Gasteiger partial charge in [0.05, 0.1) is 11.4 Å². The van der Waals surface area contributed by atoms with Gasteiger partial charge in [-0.25, -0.2) is 0 Å². The Hall–Kier alpha value is -3.00. The molecule has 1 aliphatic heterocycles. The summed E-state index contributed by atoms with van der Waals surface area (Å²) in [5.41, 5.74) is 4.50. The zero-order valence-corrected chi connectivity index (χ0v) is 12.8. The molecule has 2 nitrogen and oxygen atoms in total. The molecule has 0 N–H and O–H groups in total. The molecule has 0 bridgehead atoms. The molecule has 0 radical (unpaired) electrons. The lowest BCUT2D eigenvalue weighted by molar-refractivity contribution is 0.473. The van der Waals surface area contributed by atoms with Gasteiger partial charge >= 0.3 is 0 Å². The Balaban J connectivity index is 1.82. The van der Waals surface area contributed by atoms with Gasteiger partial charge in [-0.15, -0.1) is 0 Å². The molecule has 0 fully saturated rings. The molecule has 0 amide bonds. The van der Waals surface area contributed by atoms with Crippen LogP contribution in [0.4, 0.5) is 11.4 Å². The van der Waals surface area contributed by atoms with Gasteiger partial charge < -0.3 is 9.64 Å². The van der Waals surface area contributed by atoms with Gasteiger partial charge in [0.15, 0.2) is 11.5 Å². The first kappa shape index (κ1) is 13.6. The highest BCUT2D eigenvalue weighted by molar-refractivity contribution is 5.79. The number of anilines is 2. The minimum atomic E-state index is 0.807. The quantitative estimate of drug-likeness (QED) is 0.608. The van der Waals surface area contributed by atoms with Crippen LogP contribution in [0.15, 0.2) is 79.4 Å². The van der Waals surface area contributed by atoms with E-state index in [0.717, 1.165) is 35.0 Å². The summed E-state index contributed by atoms with van der Waals surface area (Å²) in [7, 11) is 0. The number of benzene rings is 3. The maximum Gasteiger partial charge on any atom is 0.151 e. The van der Waals surface area contributed by atoms with Gasteiger partial charge in [-0.3, -0.25) is 0 Å². The zero-order valence-electron chi connectivity index (χ0n) is 12.8. The first-order valence-corrected chi connectivity index (χ1v) is 7.70. The number of para-hydroxylation sites is 2. The summed E-state index contributed by atoms with van der Waals surface area (Å²) < 4.78 is 6.10. The van der Waals surface area contributed by atoms with Gasteiger partial charge in [-0.2, -0.15) is 0 Å². The lowest BCUT2D eigenvalue weighted by atomic mass is 10.1. The highest BCUT2D eigenvalue weighted by Crippen LogP contribution is 2.47. The first-order valence-electron chi connectivity index (χ1n) is 7.70. The molecule has 2 heteroatoms. The molecule has 4 rings (SSSR count).